The first kappa shape index (κ1) is 41.8. The molecular weight excluding hydrogens is 798 g/mol. The van der Waals surface area contributed by atoms with Crippen molar-refractivity contribution in [2.75, 3.05) is 4.90 Å². The molecule has 4 atom stereocenters. The third-order valence-electron chi connectivity index (χ3n) is 13.3. The molecule has 9 rings (SSSR count). The molecule has 322 valence electrons. The lowest BCUT2D eigenvalue weighted by atomic mass is 9.48. The smallest absolute Gasteiger partial charge is 0.330 e. The molecule has 2 fully saturated rings. The maximum Gasteiger partial charge on any atom is 0.330 e. The molecule has 0 amide bonds. The van der Waals surface area contributed by atoms with Gasteiger partial charge in [-0.15, -0.1) is 0 Å². The van der Waals surface area contributed by atoms with E-state index in [0.29, 0.717) is 39.2 Å². The normalized spacial score (nSPS) is 24.3. The lowest BCUT2D eigenvalue weighted by Crippen LogP contribution is -2.67. The Bertz CT molecular complexity index is 2590. The number of halogens is 1. The number of hydrogen-bond donors (Lipinski definition) is 0. The van der Waals surface area contributed by atoms with Crippen LogP contribution in [0.4, 0.5) is 10.1 Å². The molecule has 5 aromatic rings. The fourth-order valence-corrected chi connectivity index (χ4v) is 10.5. The van der Waals surface area contributed by atoms with Crippen molar-refractivity contribution < 1.29 is 42.5 Å². The summed E-state index contributed by atoms with van der Waals surface area (Å²) in [6.07, 6.45) is 0.0269. The van der Waals surface area contributed by atoms with Gasteiger partial charge in [-0.1, -0.05) is 119 Å². The molecule has 4 aliphatic rings. The number of rotatable bonds is 5. The van der Waals surface area contributed by atoms with E-state index in [1.54, 1.807) is 12.1 Å². The second-order valence-corrected chi connectivity index (χ2v) is 18.5. The van der Waals surface area contributed by atoms with E-state index in [1.807, 2.05) is 130 Å². The van der Waals surface area contributed by atoms with E-state index in [-0.39, 0.29) is 6.42 Å². The van der Waals surface area contributed by atoms with Crippen LogP contribution in [0.1, 0.15) is 102 Å². The maximum atomic E-state index is 15.8. The van der Waals surface area contributed by atoms with E-state index in [1.165, 1.54) is 39.8 Å². The van der Waals surface area contributed by atoms with Crippen LogP contribution < -0.4 is 4.90 Å². The van der Waals surface area contributed by atoms with Gasteiger partial charge in [-0.3, -0.25) is 19.2 Å². The predicted octanol–water partition coefficient (Wildman–Crippen LogP) is 10.3. The summed E-state index contributed by atoms with van der Waals surface area (Å²) in [5.74, 6) is -10.4. The van der Waals surface area contributed by atoms with Crippen LogP contribution in [0.15, 0.2) is 133 Å². The Balaban J connectivity index is 1.51. The first-order chi connectivity index (χ1) is 29.9. The number of esters is 4. The number of nitrogens with zero attached hydrogens (tertiary/aromatic N) is 1. The molecule has 0 N–H and O–H groups in total. The highest BCUT2D eigenvalue weighted by molar-refractivity contribution is 6.08. The van der Waals surface area contributed by atoms with E-state index in [2.05, 4.69) is 0 Å². The van der Waals surface area contributed by atoms with Crippen molar-refractivity contribution in [1.29, 1.82) is 0 Å². The number of aryl methyl sites for hydroxylation is 4. The minimum atomic E-state index is -2.24. The third kappa shape index (κ3) is 6.56. The third-order valence-corrected chi connectivity index (χ3v) is 13.3. The van der Waals surface area contributed by atoms with Crippen molar-refractivity contribution in [3.63, 3.8) is 0 Å². The van der Waals surface area contributed by atoms with Crippen molar-refractivity contribution in [3.05, 3.63) is 183 Å². The number of anilines is 1. The second-order valence-electron chi connectivity index (χ2n) is 18.5. The van der Waals surface area contributed by atoms with Crippen LogP contribution in [0, 0.1) is 44.3 Å². The summed E-state index contributed by atoms with van der Waals surface area (Å²) in [5, 5.41) is 0. The van der Waals surface area contributed by atoms with Gasteiger partial charge in [0.25, 0.3) is 11.6 Å². The van der Waals surface area contributed by atoms with Crippen molar-refractivity contribution in [3.8, 4) is 0 Å². The van der Waals surface area contributed by atoms with Crippen LogP contribution in [-0.4, -0.2) is 35.5 Å². The molecule has 0 radical (unpaired) electrons. The molecule has 3 aliphatic heterocycles. The molecule has 3 heterocycles. The first-order valence-corrected chi connectivity index (χ1v) is 21.3. The van der Waals surface area contributed by atoms with Gasteiger partial charge >= 0.3 is 23.9 Å². The zero-order chi connectivity index (χ0) is 44.8. The molecule has 0 bridgehead atoms. The van der Waals surface area contributed by atoms with Crippen LogP contribution >= 0.6 is 0 Å². The largest absolute Gasteiger partial charge is 0.422 e. The van der Waals surface area contributed by atoms with E-state index in [0.717, 1.165) is 22.3 Å². The monoisotopic (exact) mass is 847 g/mol. The molecule has 1 aliphatic carbocycles. The average molecular weight is 848 g/mol. The Hall–Kier alpha value is -6.55. The number of carbonyl (C=O) groups excluding carboxylic acids is 4. The summed E-state index contributed by atoms with van der Waals surface area (Å²) in [4.78, 5) is 64.6. The molecule has 2 saturated heterocycles. The van der Waals surface area contributed by atoms with E-state index >= 15 is 23.6 Å². The van der Waals surface area contributed by atoms with Gasteiger partial charge in [-0.05, 0) is 86.2 Å². The Labute approximate surface area is 366 Å². The molecule has 63 heavy (non-hydrogen) atoms. The standard InChI is InChI=1S/C53H50FNO8/c1-30-9-17-34(18-10-30)40-29-41-42(43(35-19-11-31(2)12-20-35)52(40)46(56)60-50(5,6)61-47(52)57)44(36-21-13-32(3)14-22-36)53(48(58)62-51(7,8)63-49(53)59)45(37-23-15-33(4)16-24-37)55(41)39-27-25-38(54)26-28-39/h9-28,40,43-45H,29H2,1-8H3/t40-,43-,44-,45-/m0/s1. The molecular formula is C53H50FNO8. The van der Waals surface area contributed by atoms with E-state index in [4.69, 9.17) is 18.9 Å². The molecule has 10 heteroatoms. The summed E-state index contributed by atoms with van der Waals surface area (Å²) >= 11 is 0. The van der Waals surface area contributed by atoms with Gasteiger partial charge in [0.15, 0.2) is 10.8 Å². The summed E-state index contributed by atoms with van der Waals surface area (Å²) in [7, 11) is 0. The molecule has 0 unspecified atom stereocenters. The Morgan fingerprint density at radius 1 is 0.476 bits per heavy atom. The fourth-order valence-electron chi connectivity index (χ4n) is 10.5. The quantitative estimate of drug-likeness (QED) is 0.126. The van der Waals surface area contributed by atoms with Gasteiger partial charge in [-0.25, -0.2) is 4.39 Å². The molecule has 5 aromatic carbocycles. The number of ether oxygens (including phenoxy) is 4. The predicted molar refractivity (Wildman–Crippen MR) is 234 cm³/mol. The van der Waals surface area contributed by atoms with Crippen LogP contribution in [0.5, 0.6) is 0 Å². The molecule has 0 saturated carbocycles. The topological polar surface area (TPSA) is 108 Å². The number of cyclic esters (lactones) is 4. The van der Waals surface area contributed by atoms with E-state index in [9.17, 15) is 0 Å². The average Bonchev–Trinajstić information content (AvgIpc) is 3.22. The summed E-state index contributed by atoms with van der Waals surface area (Å²) in [5.41, 5.74) is 3.29. The van der Waals surface area contributed by atoms with Crippen molar-refractivity contribution >= 4 is 29.6 Å². The van der Waals surface area contributed by atoms with Gasteiger partial charge in [0.2, 0.25) is 0 Å². The zero-order valence-electron chi connectivity index (χ0n) is 36.7. The summed E-state index contributed by atoms with van der Waals surface area (Å²) in [6, 6.07) is 35.1. The Kier molecular flexibility index (Phi) is 9.81. The van der Waals surface area contributed by atoms with Gasteiger partial charge in [0.1, 0.15) is 5.82 Å². The lowest BCUT2D eigenvalue weighted by molar-refractivity contribution is -0.256. The zero-order valence-corrected chi connectivity index (χ0v) is 36.7. The number of benzene rings is 5. The lowest BCUT2D eigenvalue weighted by Gasteiger charge is -2.61. The van der Waals surface area contributed by atoms with Crippen molar-refractivity contribution in [2.24, 2.45) is 10.8 Å². The van der Waals surface area contributed by atoms with E-state index < -0.39 is 75.9 Å². The minimum absolute atomic E-state index is 0.0269. The van der Waals surface area contributed by atoms with Gasteiger partial charge in [0, 0.05) is 56.8 Å². The number of hydrogen-bond acceptors (Lipinski definition) is 9. The van der Waals surface area contributed by atoms with Crippen LogP contribution in [-0.2, 0) is 38.1 Å². The highest BCUT2D eigenvalue weighted by atomic mass is 19.1. The summed E-state index contributed by atoms with van der Waals surface area (Å²) < 4.78 is 40.0. The van der Waals surface area contributed by atoms with Gasteiger partial charge in [0.05, 0.1) is 6.04 Å². The SMILES string of the molecule is Cc1ccc([C@H]2C3=C(C[C@@H](c4ccc(C)cc4)C4(C(=O)OC(C)(C)OC4=O)[C@H]3c3ccc(C)cc3)N(c3ccc(F)cc3)[C@@H](c3ccc(C)cc3)C23C(=O)OC(C)(C)OC3=O)cc1. The first-order valence-electron chi connectivity index (χ1n) is 21.3. The summed E-state index contributed by atoms with van der Waals surface area (Å²) in [6.45, 7) is 13.8. The fraction of sp³-hybridized carbons (Fsp3) is 0.321. The molecule has 2 spiro atoms. The second kappa shape index (κ2) is 14.8. The highest BCUT2D eigenvalue weighted by Crippen LogP contribution is 2.70. The van der Waals surface area contributed by atoms with Gasteiger partial charge < -0.3 is 23.8 Å². The maximum absolute atomic E-state index is 15.8. The molecule has 0 aromatic heterocycles. The van der Waals surface area contributed by atoms with Crippen LogP contribution in [0.3, 0.4) is 0 Å². The number of carbonyl (C=O) groups is 4. The Morgan fingerprint density at radius 3 is 1.24 bits per heavy atom. The van der Waals surface area contributed by atoms with Crippen LogP contribution in [0.25, 0.3) is 0 Å². The minimum Gasteiger partial charge on any atom is -0.422 e. The molecule has 9 nitrogen and oxygen atoms in total. The Morgan fingerprint density at radius 2 is 0.825 bits per heavy atom. The van der Waals surface area contributed by atoms with Gasteiger partial charge in [-0.2, -0.15) is 0 Å². The van der Waals surface area contributed by atoms with Crippen molar-refractivity contribution in [1.82, 2.24) is 0 Å². The van der Waals surface area contributed by atoms with Crippen LogP contribution in [0.2, 0.25) is 0 Å². The highest BCUT2D eigenvalue weighted by Gasteiger charge is 2.75. The van der Waals surface area contributed by atoms with Crippen molar-refractivity contribution in [2.45, 2.75) is 97.2 Å². The number of allylic oxidation sites excluding steroid dienone is 2.